The highest BCUT2D eigenvalue weighted by Crippen LogP contribution is 2.17. The molecule has 2 heterocycles. The quantitative estimate of drug-likeness (QED) is 0.850. The van der Waals surface area contributed by atoms with Crippen molar-refractivity contribution in [2.75, 3.05) is 13.1 Å². The minimum absolute atomic E-state index is 0.0576. The van der Waals surface area contributed by atoms with Crippen LogP contribution in [0.15, 0.2) is 24.5 Å². The molecule has 0 spiro atoms. The molecule has 2 N–H and O–H groups in total. The van der Waals surface area contributed by atoms with Crippen molar-refractivity contribution in [1.29, 1.82) is 0 Å². The Bertz CT molecular complexity index is 374. The summed E-state index contributed by atoms with van der Waals surface area (Å²) in [5.41, 5.74) is 1.10. The monoisotopic (exact) mass is 247 g/mol. The minimum atomic E-state index is 0.0576. The van der Waals surface area contributed by atoms with Crippen molar-refractivity contribution < 1.29 is 4.79 Å². The molecule has 0 radical (unpaired) electrons. The lowest BCUT2D eigenvalue weighted by Gasteiger charge is -2.23. The number of carbonyl (C=O) groups is 1. The van der Waals surface area contributed by atoms with Crippen LogP contribution >= 0.6 is 0 Å². The first-order valence-electron chi connectivity index (χ1n) is 6.65. The van der Waals surface area contributed by atoms with Gasteiger partial charge in [-0.25, -0.2) is 0 Å². The number of nitrogens with zero attached hydrogens (tertiary/aromatic N) is 1. The fraction of sp³-hybridized carbons (Fsp3) is 0.571. The average Bonchev–Trinajstić information content (AvgIpc) is 2.40. The van der Waals surface area contributed by atoms with Gasteiger partial charge < -0.3 is 10.6 Å². The van der Waals surface area contributed by atoms with Gasteiger partial charge in [-0.15, -0.1) is 0 Å². The van der Waals surface area contributed by atoms with Crippen molar-refractivity contribution >= 4 is 5.91 Å². The molecule has 18 heavy (non-hydrogen) atoms. The van der Waals surface area contributed by atoms with Crippen LogP contribution in [0.1, 0.15) is 37.8 Å². The van der Waals surface area contributed by atoms with Crippen LogP contribution < -0.4 is 10.6 Å². The summed E-state index contributed by atoms with van der Waals surface area (Å²) in [5.74, 6) is 0.696. The Morgan fingerprint density at radius 2 is 2.11 bits per heavy atom. The number of aromatic nitrogens is 1. The second-order valence-corrected chi connectivity index (χ2v) is 4.97. The standard InChI is InChI=1S/C14H21N3O/c1-11(13-4-8-16-9-5-13)17-14(18)10-12-2-6-15-7-3-12/h4-5,8-9,11-12,15H,2-3,6-7,10H2,1H3,(H,17,18)/t11-/m0/s1. The van der Waals surface area contributed by atoms with Crippen LogP contribution in [0.2, 0.25) is 0 Å². The number of pyridine rings is 1. The Labute approximate surface area is 108 Å². The molecule has 0 saturated carbocycles. The lowest BCUT2D eigenvalue weighted by molar-refractivity contribution is -0.122. The topological polar surface area (TPSA) is 54.0 Å². The summed E-state index contributed by atoms with van der Waals surface area (Å²) in [7, 11) is 0. The molecule has 0 unspecified atom stereocenters. The zero-order valence-corrected chi connectivity index (χ0v) is 10.9. The van der Waals surface area contributed by atoms with Gasteiger partial charge >= 0.3 is 0 Å². The minimum Gasteiger partial charge on any atom is -0.350 e. The van der Waals surface area contributed by atoms with Crippen LogP contribution in [0.25, 0.3) is 0 Å². The van der Waals surface area contributed by atoms with Gasteiger partial charge in [0.25, 0.3) is 0 Å². The van der Waals surface area contributed by atoms with Gasteiger partial charge in [-0.2, -0.15) is 0 Å². The van der Waals surface area contributed by atoms with E-state index >= 15 is 0 Å². The van der Waals surface area contributed by atoms with E-state index in [1.54, 1.807) is 12.4 Å². The van der Waals surface area contributed by atoms with Gasteiger partial charge in [-0.05, 0) is 56.5 Å². The molecule has 0 aromatic carbocycles. The molecule has 1 aromatic rings. The Morgan fingerprint density at radius 1 is 1.44 bits per heavy atom. The molecular weight excluding hydrogens is 226 g/mol. The van der Waals surface area contributed by atoms with Crippen LogP contribution in [-0.2, 0) is 4.79 Å². The molecule has 2 rings (SSSR count). The van der Waals surface area contributed by atoms with Gasteiger partial charge in [0, 0.05) is 18.8 Å². The molecule has 98 valence electrons. The zero-order valence-electron chi connectivity index (χ0n) is 10.9. The predicted octanol–water partition coefficient (Wildman–Crippen LogP) is 1.65. The van der Waals surface area contributed by atoms with Crippen LogP contribution in [0.5, 0.6) is 0 Å². The van der Waals surface area contributed by atoms with Crippen molar-refractivity contribution in [2.45, 2.75) is 32.2 Å². The molecule has 4 heteroatoms. The van der Waals surface area contributed by atoms with Gasteiger partial charge in [-0.3, -0.25) is 9.78 Å². The van der Waals surface area contributed by atoms with Gasteiger partial charge in [0.15, 0.2) is 0 Å². The third-order valence-corrected chi connectivity index (χ3v) is 3.52. The number of hydrogen-bond acceptors (Lipinski definition) is 3. The number of carbonyl (C=O) groups excluding carboxylic acids is 1. The highest BCUT2D eigenvalue weighted by Gasteiger charge is 2.18. The number of hydrogen-bond donors (Lipinski definition) is 2. The molecule has 1 aliphatic rings. The Hall–Kier alpha value is -1.42. The Morgan fingerprint density at radius 3 is 2.78 bits per heavy atom. The van der Waals surface area contributed by atoms with E-state index in [0.717, 1.165) is 31.5 Å². The molecule has 0 bridgehead atoms. The molecule has 1 fully saturated rings. The molecule has 1 atom stereocenters. The van der Waals surface area contributed by atoms with Gasteiger partial charge in [0.05, 0.1) is 6.04 Å². The first-order valence-corrected chi connectivity index (χ1v) is 6.65. The maximum atomic E-state index is 11.9. The predicted molar refractivity (Wildman–Crippen MR) is 71.0 cm³/mol. The summed E-state index contributed by atoms with van der Waals surface area (Å²) in [6.45, 7) is 4.09. The maximum absolute atomic E-state index is 11.9. The van der Waals surface area contributed by atoms with E-state index in [0.29, 0.717) is 12.3 Å². The Balaban J connectivity index is 1.80. The SMILES string of the molecule is C[C@H](NC(=O)CC1CCNCC1)c1ccncc1. The smallest absolute Gasteiger partial charge is 0.220 e. The van der Waals surface area contributed by atoms with E-state index in [4.69, 9.17) is 0 Å². The first-order chi connectivity index (χ1) is 8.75. The zero-order chi connectivity index (χ0) is 12.8. The summed E-state index contributed by atoms with van der Waals surface area (Å²) >= 11 is 0. The summed E-state index contributed by atoms with van der Waals surface area (Å²) in [5, 5.41) is 6.37. The van der Waals surface area contributed by atoms with E-state index in [2.05, 4.69) is 15.6 Å². The highest BCUT2D eigenvalue weighted by molar-refractivity contribution is 5.76. The molecule has 1 amide bonds. The normalized spacial score (nSPS) is 18.3. The lowest BCUT2D eigenvalue weighted by Crippen LogP contribution is -2.33. The van der Waals surface area contributed by atoms with E-state index < -0.39 is 0 Å². The van der Waals surface area contributed by atoms with Crippen molar-refractivity contribution in [3.8, 4) is 0 Å². The van der Waals surface area contributed by atoms with E-state index in [1.807, 2.05) is 19.1 Å². The fourth-order valence-electron chi connectivity index (χ4n) is 2.38. The molecule has 0 aliphatic carbocycles. The second-order valence-electron chi connectivity index (χ2n) is 4.97. The van der Waals surface area contributed by atoms with Crippen molar-refractivity contribution in [3.63, 3.8) is 0 Å². The largest absolute Gasteiger partial charge is 0.350 e. The Kier molecular flexibility index (Phi) is 4.70. The molecule has 1 aliphatic heterocycles. The fourth-order valence-corrected chi connectivity index (χ4v) is 2.38. The van der Waals surface area contributed by atoms with Crippen molar-refractivity contribution in [2.24, 2.45) is 5.92 Å². The van der Waals surface area contributed by atoms with E-state index in [9.17, 15) is 4.79 Å². The van der Waals surface area contributed by atoms with Crippen LogP contribution in [0, 0.1) is 5.92 Å². The van der Waals surface area contributed by atoms with Crippen molar-refractivity contribution in [1.82, 2.24) is 15.6 Å². The number of piperidine rings is 1. The van der Waals surface area contributed by atoms with Crippen molar-refractivity contribution in [3.05, 3.63) is 30.1 Å². The summed E-state index contributed by atoms with van der Waals surface area (Å²) in [6.07, 6.45) is 6.38. The number of rotatable bonds is 4. The number of nitrogens with one attached hydrogen (secondary N) is 2. The van der Waals surface area contributed by atoms with Gasteiger partial charge in [-0.1, -0.05) is 0 Å². The summed E-state index contributed by atoms with van der Waals surface area (Å²) < 4.78 is 0. The lowest BCUT2D eigenvalue weighted by atomic mass is 9.94. The maximum Gasteiger partial charge on any atom is 0.220 e. The van der Waals surface area contributed by atoms with E-state index in [1.165, 1.54) is 0 Å². The molecule has 1 aromatic heterocycles. The third-order valence-electron chi connectivity index (χ3n) is 3.52. The summed E-state index contributed by atoms with van der Waals surface area (Å²) in [4.78, 5) is 15.9. The average molecular weight is 247 g/mol. The molecule has 4 nitrogen and oxygen atoms in total. The third kappa shape index (κ3) is 3.81. The van der Waals surface area contributed by atoms with Crippen LogP contribution in [-0.4, -0.2) is 24.0 Å². The molecular formula is C14H21N3O. The second kappa shape index (κ2) is 6.50. The van der Waals surface area contributed by atoms with E-state index in [-0.39, 0.29) is 11.9 Å². The first kappa shape index (κ1) is 13.0. The van der Waals surface area contributed by atoms with Crippen LogP contribution in [0.3, 0.4) is 0 Å². The summed E-state index contributed by atoms with van der Waals surface area (Å²) in [6, 6.07) is 3.94. The highest BCUT2D eigenvalue weighted by atomic mass is 16.1. The van der Waals surface area contributed by atoms with Crippen LogP contribution in [0.4, 0.5) is 0 Å². The van der Waals surface area contributed by atoms with Gasteiger partial charge in [0.1, 0.15) is 0 Å². The molecule has 1 saturated heterocycles. The van der Waals surface area contributed by atoms with Gasteiger partial charge in [0.2, 0.25) is 5.91 Å². The number of amides is 1.